The Morgan fingerprint density at radius 2 is 1.70 bits per heavy atom. The maximum Gasteiger partial charge on any atom is 0.408 e. The molecule has 2 aromatic carbocycles. The monoisotopic (exact) mass is 371 g/mol. The molecule has 0 radical (unpaired) electrons. The largest absolute Gasteiger partial charge is 0.496 e. The van der Waals surface area contributed by atoms with Crippen LogP contribution in [-0.4, -0.2) is 36.1 Å². The maximum atomic E-state index is 12.3. The Morgan fingerprint density at radius 1 is 1.04 bits per heavy atom. The fraction of sp³-hybridized carbons (Fsp3) is 0.250. The first-order valence-corrected chi connectivity index (χ1v) is 8.37. The van der Waals surface area contributed by atoms with Crippen molar-refractivity contribution >= 4 is 17.8 Å². The molecule has 0 aromatic heterocycles. The average Bonchev–Trinajstić information content (AvgIpc) is 2.69. The highest BCUT2D eigenvalue weighted by molar-refractivity contribution is 5.99. The number of nitrogens with one attached hydrogen (secondary N) is 1. The molecule has 7 nitrogen and oxygen atoms in total. The molecule has 0 fully saturated rings. The third-order valence-corrected chi connectivity index (χ3v) is 3.87. The van der Waals surface area contributed by atoms with Gasteiger partial charge in [-0.25, -0.2) is 9.59 Å². The molecule has 2 aromatic rings. The van der Waals surface area contributed by atoms with Crippen molar-refractivity contribution in [3.8, 4) is 5.75 Å². The molecule has 0 aliphatic rings. The highest BCUT2D eigenvalue weighted by atomic mass is 16.5. The van der Waals surface area contributed by atoms with Crippen LogP contribution in [0.15, 0.2) is 54.6 Å². The van der Waals surface area contributed by atoms with Crippen LogP contribution in [0.25, 0.3) is 0 Å². The number of carbonyl (C=O) groups excluding carboxylic acids is 2. The van der Waals surface area contributed by atoms with E-state index in [2.05, 4.69) is 5.32 Å². The van der Waals surface area contributed by atoms with E-state index in [4.69, 9.17) is 9.47 Å². The van der Waals surface area contributed by atoms with E-state index in [9.17, 15) is 19.5 Å². The summed E-state index contributed by atoms with van der Waals surface area (Å²) < 4.78 is 10.2. The van der Waals surface area contributed by atoms with E-state index in [0.717, 1.165) is 5.56 Å². The third-order valence-electron chi connectivity index (χ3n) is 3.87. The molecule has 1 amide bonds. The highest BCUT2D eigenvalue weighted by Gasteiger charge is 2.23. The minimum atomic E-state index is -1.24. The molecule has 0 saturated heterocycles. The van der Waals surface area contributed by atoms with E-state index in [1.54, 1.807) is 48.5 Å². The number of aliphatic carboxylic acids is 1. The second-order valence-corrected chi connectivity index (χ2v) is 5.76. The van der Waals surface area contributed by atoms with Crippen LogP contribution in [-0.2, 0) is 16.1 Å². The number of rotatable bonds is 9. The number of carboxylic acid groups (broad SMARTS) is 1. The Balaban J connectivity index is 1.88. The summed E-state index contributed by atoms with van der Waals surface area (Å²) in [4.78, 5) is 35.6. The minimum Gasteiger partial charge on any atom is -0.496 e. The van der Waals surface area contributed by atoms with Gasteiger partial charge in [-0.1, -0.05) is 42.5 Å². The van der Waals surface area contributed by atoms with Gasteiger partial charge in [0.1, 0.15) is 18.4 Å². The van der Waals surface area contributed by atoms with Crippen LogP contribution in [0.3, 0.4) is 0 Å². The molecular formula is C20H21NO6. The summed E-state index contributed by atoms with van der Waals surface area (Å²) in [6.45, 7) is 0.0269. The number of carboxylic acids is 1. The lowest BCUT2D eigenvalue weighted by Gasteiger charge is -2.15. The quantitative estimate of drug-likeness (QED) is 0.657. The van der Waals surface area contributed by atoms with Gasteiger partial charge in [0.2, 0.25) is 0 Å². The fourth-order valence-corrected chi connectivity index (χ4v) is 2.45. The molecule has 0 aliphatic heterocycles. The summed E-state index contributed by atoms with van der Waals surface area (Å²) in [5, 5.41) is 11.6. The molecule has 2 rings (SSSR count). The zero-order valence-corrected chi connectivity index (χ0v) is 14.9. The van der Waals surface area contributed by atoms with Crippen LogP contribution in [0.1, 0.15) is 28.8 Å². The Labute approximate surface area is 156 Å². The number of amides is 1. The minimum absolute atomic E-state index is 0.0269. The van der Waals surface area contributed by atoms with Gasteiger partial charge in [-0.3, -0.25) is 4.79 Å². The molecule has 0 aliphatic carbocycles. The third kappa shape index (κ3) is 6.14. The summed E-state index contributed by atoms with van der Waals surface area (Å²) in [5.41, 5.74) is 1.15. The number of hydrogen-bond acceptors (Lipinski definition) is 5. The number of benzene rings is 2. The van der Waals surface area contributed by atoms with Gasteiger partial charge >= 0.3 is 12.1 Å². The normalized spacial score (nSPS) is 11.3. The van der Waals surface area contributed by atoms with Crippen LogP contribution in [0, 0.1) is 0 Å². The van der Waals surface area contributed by atoms with Crippen molar-refractivity contribution < 1.29 is 29.0 Å². The lowest BCUT2D eigenvalue weighted by molar-refractivity contribution is -0.139. The summed E-state index contributed by atoms with van der Waals surface area (Å²) in [5.74, 6) is -1.08. The van der Waals surface area contributed by atoms with Crippen LogP contribution in [0.2, 0.25) is 0 Å². The summed E-state index contributed by atoms with van der Waals surface area (Å²) in [6, 6.07) is 14.5. The van der Waals surface area contributed by atoms with Crippen molar-refractivity contribution in [2.24, 2.45) is 0 Å². The summed E-state index contributed by atoms with van der Waals surface area (Å²) in [7, 11) is 1.45. The SMILES string of the molecule is COc1ccccc1C(=O)CCC(NC(=O)OCc1ccccc1)C(=O)O. The van der Waals surface area contributed by atoms with E-state index in [0.29, 0.717) is 11.3 Å². The molecule has 0 saturated carbocycles. The van der Waals surface area contributed by atoms with Gasteiger partial charge in [-0.2, -0.15) is 0 Å². The van der Waals surface area contributed by atoms with E-state index in [-0.39, 0.29) is 25.2 Å². The van der Waals surface area contributed by atoms with Crippen molar-refractivity contribution in [2.45, 2.75) is 25.5 Å². The van der Waals surface area contributed by atoms with Gasteiger partial charge < -0.3 is 19.9 Å². The first-order valence-electron chi connectivity index (χ1n) is 8.37. The van der Waals surface area contributed by atoms with Gasteiger partial charge in [0.15, 0.2) is 5.78 Å². The van der Waals surface area contributed by atoms with Crippen molar-refractivity contribution in [1.29, 1.82) is 0 Å². The first kappa shape index (κ1) is 20.0. The van der Waals surface area contributed by atoms with Gasteiger partial charge in [-0.05, 0) is 24.1 Å². The Hall–Kier alpha value is -3.35. The maximum absolute atomic E-state index is 12.3. The number of ether oxygens (including phenoxy) is 2. The van der Waals surface area contributed by atoms with Crippen molar-refractivity contribution in [2.75, 3.05) is 7.11 Å². The number of methoxy groups -OCH3 is 1. The van der Waals surface area contributed by atoms with Gasteiger partial charge in [0.25, 0.3) is 0 Å². The number of carbonyl (C=O) groups is 3. The summed E-state index contributed by atoms with van der Waals surface area (Å²) >= 11 is 0. The molecule has 0 spiro atoms. The molecule has 2 N–H and O–H groups in total. The highest BCUT2D eigenvalue weighted by Crippen LogP contribution is 2.20. The Kier molecular flexibility index (Phi) is 7.37. The van der Waals surface area contributed by atoms with Crippen molar-refractivity contribution in [1.82, 2.24) is 5.32 Å². The molecule has 0 bridgehead atoms. The molecule has 142 valence electrons. The van der Waals surface area contributed by atoms with Gasteiger partial charge in [0.05, 0.1) is 12.7 Å². The number of alkyl carbamates (subject to hydrolysis) is 1. The van der Waals surface area contributed by atoms with Crippen LogP contribution in [0.4, 0.5) is 4.79 Å². The van der Waals surface area contributed by atoms with Crippen molar-refractivity contribution in [3.63, 3.8) is 0 Å². The number of hydrogen-bond donors (Lipinski definition) is 2. The smallest absolute Gasteiger partial charge is 0.408 e. The van der Waals surface area contributed by atoms with Gasteiger partial charge in [0, 0.05) is 6.42 Å². The second-order valence-electron chi connectivity index (χ2n) is 5.76. The molecule has 0 heterocycles. The zero-order valence-electron chi connectivity index (χ0n) is 14.9. The second kappa shape index (κ2) is 9.96. The summed E-state index contributed by atoms with van der Waals surface area (Å²) in [6.07, 6.45) is -0.973. The molecule has 7 heteroatoms. The number of para-hydroxylation sites is 1. The zero-order chi connectivity index (χ0) is 19.6. The van der Waals surface area contributed by atoms with E-state index >= 15 is 0 Å². The lowest BCUT2D eigenvalue weighted by atomic mass is 10.0. The standard InChI is InChI=1S/C20H21NO6/c1-26-18-10-6-5-9-15(18)17(22)12-11-16(19(23)24)21-20(25)27-13-14-7-3-2-4-8-14/h2-10,16H,11-13H2,1H3,(H,21,25)(H,23,24). The number of ketones is 1. The predicted molar refractivity (Wildman–Crippen MR) is 97.7 cm³/mol. The molecular weight excluding hydrogens is 350 g/mol. The molecule has 27 heavy (non-hydrogen) atoms. The average molecular weight is 371 g/mol. The predicted octanol–water partition coefficient (Wildman–Crippen LogP) is 3.04. The topological polar surface area (TPSA) is 102 Å². The van der Waals surface area contributed by atoms with Crippen LogP contribution in [0.5, 0.6) is 5.75 Å². The van der Waals surface area contributed by atoms with E-state index in [1.807, 2.05) is 6.07 Å². The van der Waals surface area contributed by atoms with E-state index in [1.165, 1.54) is 7.11 Å². The van der Waals surface area contributed by atoms with Crippen LogP contribution < -0.4 is 10.1 Å². The molecule has 1 atom stereocenters. The molecule has 1 unspecified atom stereocenters. The van der Waals surface area contributed by atoms with Crippen LogP contribution >= 0.6 is 0 Å². The first-order chi connectivity index (χ1) is 13.0. The van der Waals surface area contributed by atoms with E-state index < -0.39 is 18.1 Å². The van der Waals surface area contributed by atoms with Gasteiger partial charge in [-0.15, -0.1) is 0 Å². The Bertz CT molecular complexity index is 790. The van der Waals surface area contributed by atoms with Crippen molar-refractivity contribution in [3.05, 3.63) is 65.7 Å². The Morgan fingerprint density at radius 3 is 2.37 bits per heavy atom. The fourth-order valence-electron chi connectivity index (χ4n) is 2.45. The number of Topliss-reactive ketones (excluding diaryl/α,β-unsaturated/α-hetero) is 1. The lowest BCUT2D eigenvalue weighted by Crippen LogP contribution is -2.41.